The number of aliphatic hydroxyl groups is 1. The monoisotopic (exact) mass is 266 g/mol. The van der Waals surface area contributed by atoms with Gasteiger partial charge in [-0.1, -0.05) is 6.92 Å². The Labute approximate surface area is 115 Å². The van der Waals surface area contributed by atoms with Gasteiger partial charge in [0.05, 0.1) is 12.1 Å². The molecule has 1 N–H and O–H groups in total. The molecule has 0 bridgehead atoms. The van der Waals surface area contributed by atoms with Gasteiger partial charge in [0, 0.05) is 26.2 Å². The van der Waals surface area contributed by atoms with Crippen molar-refractivity contribution in [2.75, 3.05) is 32.7 Å². The molecular formula is C15H26N2O2. The molecule has 19 heavy (non-hydrogen) atoms. The smallest absolute Gasteiger partial charge is 0.236 e. The summed E-state index contributed by atoms with van der Waals surface area (Å²) in [7, 11) is 0. The molecule has 0 radical (unpaired) electrons. The van der Waals surface area contributed by atoms with E-state index < -0.39 is 5.60 Å². The predicted octanol–water partition coefficient (Wildman–Crippen LogP) is 1.09. The largest absolute Gasteiger partial charge is 0.388 e. The average molecular weight is 266 g/mol. The fourth-order valence-corrected chi connectivity index (χ4v) is 3.79. The van der Waals surface area contributed by atoms with E-state index in [9.17, 15) is 9.90 Å². The number of piperidine rings is 1. The molecule has 0 unspecified atom stereocenters. The zero-order valence-corrected chi connectivity index (χ0v) is 12.0. The van der Waals surface area contributed by atoms with Crippen LogP contribution in [0, 0.1) is 11.8 Å². The van der Waals surface area contributed by atoms with Gasteiger partial charge in [-0.05, 0) is 43.9 Å². The van der Waals surface area contributed by atoms with Crippen LogP contribution >= 0.6 is 0 Å². The summed E-state index contributed by atoms with van der Waals surface area (Å²) in [5.41, 5.74) is -0.526. The maximum Gasteiger partial charge on any atom is 0.236 e. The highest BCUT2D eigenvalue weighted by Gasteiger charge is 2.52. The van der Waals surface area contributed by atoms with E-state index in [0.717, 1.165) is 45.3 Å². The van der Waals surface area contributed by atoms with Crippen molar-refractivity contribution in [3.8, 4) is 0 Å². The van der Waals surface area contributed by atoms with E-state index in [4.69, 9.17) is 0 Å². The van der Waals surface area contributed by atoms with Crippen LogP contribution in [0.1, 0.15) is 39.0 Å². The summed E-state index contributed by atoms with van der Waals surface area (Å²) in [5, 5.41) is 10.7. The zero-order valence-electron chi connectivity index (χ0n) is 12.0. The number of likely N-dealkylation sites (tertiary alicyclic amines) is 2. The quantitative estimate of drug-likeness (QED) is 0.831. The maximum atomic E-state index is 12.3. The Morgan fingerprint density at radius 2 is 1.95 bits per heavy atom. The number of carbonyl (C=O) groups excluding carboxylic acids is 1. The lowest BCUT2D eigenvalue weighted by atomic mass is 9.88. The van der Waals surface area contributed by atoms with Gasteiger partial charge in [0.1, 0.15) is 0 Å². The van der Waals surface area contributed by atoms with Gasteiger partial charge < -0.3 is 10.0 Å². The molecule has 3 aliphatic rings. The lowest BCUT2D eigenvalue weighted by molar-refractivity contribution is -0.133. The van der Waals surface area contributed by atoms with Crippen LogP contribution in [-0.2, 0) is 4.79 Å². The Morgan fingerprint density at radius 1 is 1.26 bits per heavy atom. The summed E-state index contributed by atoms with van der Waals surface area (Å²) in [6.07, 6.45) is 5.87. The number of β-amino-alcohol motifs (C(OH)–C–C–N with tert-alkyl or cyclic N) is 1. The maximum absolute atomic E-state index is 12.3. The summed E-state index contributed by atoms with van der Waals surface area (Å²) in [5.74, 6) is 1.04. The molecule has 0 aromatic carbocycles. The second-order valence-electron chi connectivity index (χ2n) is 6.78. The van der Waals surface area contributed by atoms with Gasteiger partial charge in [0.25, 0.3) is 0 Å². The van der Waals surface area contributed by atoms with Gasteiger partial charge in [-0.2, -0.15) is 0 Å². The first kappa shape index (κ1) is 13.4. The van der Waals surface area contributed by atoms with Crippen molar-refractivity contribution in [1.29, 1.82) is 0 Å². The van der Waals surface area contributed by atoms with E-state index in [1.54, 1.807) is 0 Å². The Balaban J connectivity index is 1.54. The van der Waals surface area contributed by atoms with E-state index in [1.165, 1.54) is 6.42 Å². The van der Waals surface area contributed by atoms with Crippen LogP contribution in [0.15, 0.2) is 0 Å². The Hall–Kier alpha value is -0.610. The SMILES string of the molecule is C[C@@H]1CN(CC(=O)N2CCCCC2)C[C@@]1(O)C1CC1. The number of amides is 1. The normalized spacial score (nSPS) is 36.7. The van der Waals surface area contributed by atoms with Crippen LogP contribution < -0.4 is 0 Å². The van der Waals surface area contributed by atoms with Crippen LogP contribution in [0.3, 0.4) is 0 Å². The molecule has 0 aromatic rings. The molecule has 2 aliphatic heterocycles. The third-order valence-electron chi connectivity index (χ3n) is 5.21. The number of carbonyl (C=O) groups is 1. The first-order valence-electron chi connectivity index (χ1n) is 7.82. The molecular weight excluding hydrogens is 240 g/mol. The standard InChI is InChI=1S/C15H26N2O2/c1-12-9-16(11-15(12,19)13-5-6-13)10-14(18)17-7-3-2-4-8-17/h12-13,19H,2-11H2,1H3/t12-,15+/m1/s1. The lowest BCUT2D eigenvalue weighted by Crippen LogP contribution is -2.44. The van der Waals surface area contributed by atoms with Crippen molar-refractivity contribution in [2.24, 2.45) is 11.8 Å². The molecule has 4 nitrogen and oxygen atoms in total. The zero-order chi connectivity index (χ0) is 13.5. The molecule has 3 rings (SSSR count). The molecule has 0 aromatic heterocycles. The second-order valence-corrected chi connectivity index (χ2v) is 6.78. The van der Waals surface area contributed by atoms with Gasteiger partial charge in [-0.25, -0.2) is 0 Å². The van der Waals surface area contributed by atoms with Crippen molar-refractivity contribution in [3.63, 3.8) is 0 Å². The number of nitrogens with zero attached hydrogens (tertiary/aromatic N) is 2. The van der Waals surface area contributed by atoms with E-state index in [-0.39, 0.29) is 5.91 Å². The minimum Gasteiger partial charge on any atom is -0.388 e. The summed E-state index contributed by atoms with van der Waals surface area (Å²) in [6.45, 7) is 6.04. The topological polar surface area (TPSA) is 43.8 Å². The lowest BCUT2D eigenvalue weighted by Gasteiger charge is -2.29. The van der Waals surface area contributed by atoms with Gasteiger partial charge in [-0.3, -0.25) is 9.69 Å². The highest BCUT2D eigenvalue weighted by molar-refractivity contribution is 5.78. The Kier molecular flexibility index (Phi) is 3.56. The fraction of sp³-hybridized carbons (Fsp3) is 0.933. The van der Waals surface area contributed by atoms with Gasteiger partial charge in [0.15, 0.2) is 0 Å². The van der Waals surface area contributed by atoms with Crippen molar-refractivity contribution in [2.45, 2.75) is 44.6 Å². The molecule has 3 fully saturated rings. The van der Waals surface area contributed by atoms with Crippen LogP contribution in [-0.4, -0.2) is 59.1 Å². The first-order valence-corrected chi connectivity index (χ1v) is 7.82. The van der Waals surface area contributed by atoms with E-state index in [0.29, 0.717) is 24.9 Å². The third kappa shape index (κ3) is 2.65. The molecule has 1 saturated carbocycles. The van der Waals surface area contributed by atoms with Crippen molar-refractivity contribution < 1.29 is 9.90 Å². The highest BCUT2D eigenvalue weighted by Crippen LogP contribution is 2.46. The van der Waals surface area contributed by atoms with Crippen molar-refractivity contribution in [3.05, 3.63) is 0 Å². The third-order valence-corrected chi connectivity index (χ3v) is 5.21. The van der Waals surface area contributed by atoms with E-state index >= 15 is 0 Å². The second kappa shape index (κ2) is 5.06. The Bertz CT molecular complexity index is 350. The molecule has 2 heterocycles. The Morgan fingerprint density at radius 3 is 2.58 bits per heavy atom. The van der Waals surface area contributed by atoms with Crippen LogP contribution in [0.25, 0.3) is 0 Å². The highest BCUT2D eigenvalue weighted by atomic mass is 16.3. The van der Waals surface area contributed by atoms with E-state index in [2.05, 4.69) is 11.8 Å². The molecule has 4 heteroatoms. The summed E-state index contributed by atoms with van der Waals surface area (Å²) in [6, 6.07) is 0. The van der Waals surface area contributed by atoms with Gasteiger partial charge >= 0.3 is 0 Å². The van der Waals surface area contributed by atoms with Crippen molar-refractivity contribution in [1.82, 2.24) is 9.80 Å². The van der Waals surface area contributed by atoms with Crippen molar-refractivity contribution >= 4 is 5.91 Å². The molecule has 1 amide bonds. The molecule has 2 atom stereocenters. The summed E-state index contributed by atoms with van der Waals surface area (Å²) < 4.78 is 0. The number of rotatable bonds is 3. The molecule has 0 spiro atoms. The number of hydrogen-bond donors (Lipinski definition) is 1. The molecule has 1 aliphatic carbocycles. The average Bonchev–Trinajstić information content (AvgIpc) is 3.20. The minimum absolute atomic E-state index is 0.256. The first-order chi connectivity index (χ1) is 9.09. The summed E-state index contributed by atoms with van der Waals surface area (Å²) >= 11 is 0. The van der Waals surface area contributed by atoms with Gasteiger partial charge in [-0.15, -0.1) is 0 Å². The van der Waals surface area contributed by atoms with Crippen LogP contribution in [0.4, 0.5) is 0 Å². The molecule has 2 saturated heterocycles. The number of hydrogen-bond acceptors (Lipinski definition) is 3. The van der Waals surface area contributed by atoms with Crippen LogP contribution in [0.2, 0.25) is 0 Å². The minimum atomic E-state index is -0.526. The van der Waals surface area contributed by atoms with E-state index in [1.807, 2.05) is 4.90 Å². The molecule has 108 valence electrons. The predicted molar refractivity (Wildman–Crippen MR) is 73.7 cm³/mol. The fourth-order valence-electron chi connectivity index (χ4n) is 3.79. The van der Waals surface area contributed by atoms with Gasteiger partial charge in [0.2, 0.25) is 5.91 Å². The summed E-state index contributed by atoms with van der Waals surface area (Å²) in [4.78, 5) is 16.4. The van der Waals surface area contributed by atoms with Crippen LogP contribution in [0.5, 0.6) is 0 Å².